The highest BCUT2D eigenvalue weighted by Crippen LogP contribution is 2.23. The van der Waals surface area contributed by atoms with Crippen molar-refractivity contribution in [2.75, 3.05) is 7.11 Å². The smallest absolute Gasteiger partial charge is 0.251 e. The Labute approximate surface area is 176 Å². The van der Waals surface area contributed by atoms with Crippen molar-refractivity contribution in [1.29, 1.82) is 0 Å². The van der Waals surface area contributed by atoms with E-state index in [1.165, 1.54) is 11.1 Å². The lowest BCUT2D eigenvalue weighted by Gasteiger charge is -2.17. The molecule has 0 radical (unpaired) electrons. The number of hydrogen-bond acceptors (Lipinski definition) is 3. The van der Waals surface area contributed by atoms with Crippen LogP contribution in [0.1, 0.15) is 40.3 Å². The van der Waals surface area contributed by atoms with E-state index in [4.69, 9.17) is 9.72 Å². The molecule has 0 bridgehead atoms. The highest BCUT2D eigenvalue weighted by atomic mass is 16.5. The van der Waals surface area contributed by atoms with Crippen LogP contribution in [0.4, 0.5) is 0 Å². The van der Waals surface area contributed by atoms with Gasteiger partial charge in [-0.2, -0.15) is 0 Å². The van der Waals surface area contributed by atoms with Crippen LogP contribution in [0, 0.1) is 6.92 Å². The molecular formula is C25H25N3O2. The number of aryl methyl sites for hydroxylation is 1. The average Bonchev–Trinajstić information content (AvgIpc) is 3.12. The Morgan fingerprint density at radius 2 is 1.87 bits per heavy atom. The van der Waals surface area contributed by atoms with E-state index in [2.05, 4.69) is 47.1 Å². The number of benzene rings is 3. The minimum Gasteiger partial charge on any atom is -0.497 e. The molecule has 5 nitrogen and oxygen atoms in total. The molecule has 3 aromatic carbocycles. The maximum atomic E-state index is 12.8. The normalized spacial score (nSPS) is 12.0. The lowest BCUT2D eigenvalue weighted by molar-refractivity contribution is 0.0937. The van der Waals surface area contributed by atoms with E-state index in [9.17, 15) is 4.79 Å². The summed E-state index contributed by atoms with van der Waals surface area (Å²) in [6, 6.07) is 23.4. The third kappa shape index (κ3) is 4.06. The zero-order valence-electron chi connectivity index (χ0n) is 17.4. The van der Waals surface area contributed by atoms with Crippen LogP contribution in [0.3, 0.4) is 0 Å². The number of hydrogen-bond donors (Lipinski definition) is 1. The van der Waals surface area contributed by atoms with Crippen molar-refractivity contribution in [3.8, 4) is 5.75 Å². The fourth-order valence-electron chi connectivity index (χ4n) is 3.69. The molecule has 0 saturated carbocycles. The molecule has 1 atom stereocenters. The summed E-state index contributed by atoms with van der Waals surface area (Å²) in [5.41, 5.74) is 4.95. The summed E-state index contributed by atoms with van der Waals surface area (Å²) in [4.78, 5) is 17.7. The average molecular weight is 399 g/mol. The molecule has 1 heterocycles. The number of nitrogens with zero attached hydrogens (tertiary/aromatic N) is 2. The van der Waals surface area contributed by atoms with Crippen LogP contribution < -0.4 is 10.1 Å². The maximum absolute atomic E-state index is 12.8. The van der Waals surface area contributed by atoms with Crippen molar-refractivity contribution in [2.45, 2.75) is 26.4 Å². The van der Waals surface area contributed by atoms with Gasteiger partial charge >= 0.3 is 0 Å². The molecule has 1 amide bonds. The molecule has 152 valence electrons. The highest BCUT2D eigenvalue weighted by Gasteiger charge is 2.19. The van der Waals surface area contributed by atoms with E-state index >= 15 is 0 Å². The summed E-state index contributed by atoms with van der Waals surface area (Å²) in [6.45, 7) is 4.75. The summed E-state index contributed by atoms with van der Waals surface area (Å²) < 4.78 is 7.41. The van der Waals surface area contributed by atoms with Gasteiger partial charge in [0.1, 0.15) is 11.6 Å². The molecule has 0 saturated heterocycles. The van der Waals surface area contributed by atoms with E-state index in [1.807, 2.05) is 37.3 Å². The van der Waals surface area contributed by atoms with Crippen molar-refractivity contribution in [2.24, 2.45) is 0 Å². The van der Waals surface area contributed by atoms with Gasteiger partial charge in [0.05, 0.1) is 24.2 Å². The first kappa shape index (κ1) is 19.7. The molecule has 0 fully saturated rings. The second-order valence-corrected chi connectivity index (χ2v) is 7.46. The Bertz CT molecular complexity index is 1200. The minimum absolute atomic E-state index is 0.157. The first-order chi connectivity index (χ1) is 14.5. The van der Waals surface area contributed by atoms with Gasteiger partial charge < -0.3 is 14.6 Å². The van der Waals surface area contributed by atoms with Gasteiger partial charge in [-0.25, -0.2) is 4.98 Å². The third-order valence-corrected chi connectivity index (χ3v) is 5.17. The number of carbonyl (C=O) groups excluding carboxylic acids is 1. The van der Waals surface area contributed by atoms with Crippen molar-refractivity contribution in [3.05, 3.63) is 95.3 Å². The number of ether oxygens (including phenoxy) is 1. The predicted molar refractivity (Wildman–Crippen MR) is 119 cm³/mol. The largest absolute Gasteiger partial charge is 0.497 e. The number of para-hydroxylation sites is 2. The van der Waals surface area contributed by atoms with Gasteiger partial charge in [-0.1, -0.05) is 48.0 Å². The van der Waals surface area contributed by atoms with Gasteiger partial charge in [0.2, 0.25) is 0 Å². The molecule has 0 spiro atoms. The topological polar surface area (TPSA) is 56.1 Å². The van der Waals surface area contributed by atoms with E-state index < -0.39 is 0 Å². The molecule has 1 N–H and O–H groups in total. The number of methoxy groups -OCH3 is 1. The highest BCUT2D eigenvalue weighted by molar-refractivity contribution is 5.94. The van der Waals surface area contributed by atoms with Crippen LogP contribution in [-0.2, 0) is 6.54 Å². The Balaban J connectivity index is 1.66. The molecule has 30 heavy (non-hydrogen) atoms. The summed E-state index contributed by atoms with van der Waals surface area (Å²) in [5.74, 6) is 1.33. The third-order valence-electron chi connectivity index (χ3n) is 5.17. The Morgan fingerprint density at radius 3 is 2.67 bits per heavy atom. The summed E-state index contributed by atoms with van der Waals surface area (Å²) in [5, 5.41) is 3.08. The minimum atomic E-state index is -0.263. The number of aromatic nitrogens is 2. The van der Waals surface area contributed by atoms with Crippen LogP contribution in [0.25, 0.3) is 11.0 Å². The molecule has 0 aliphatic heterocycles. The second-order valence-electron chi connectivity index (χ2n) is 7.46. The molecule has 5 heteroatoms. The number of carbonyl (C=O) groups is 1. The van der Waals surface area contributed by atoms with Crippen LogP contribution in [0.15, 0.2) is 72.8 Å². The van der Waals surface area contributed by atoms with Crippen molar-refractivity contribution < 1.29 is 9.53 Å². The fraction of sp³-hybridized carbons (Fsp3) is 0.200. The lowest BCUT2D eigenvalue weighted by Crippen LogP contribution is -2.28. The van der Waals surface area contributed by atoms with E-state index in [-0.39, 0.29) is 11.9 Å². The Hall–Kier alpha value is -3.60. The SMILES string of the molecule is COc1cccc(C(=O)NC(C)c2nc3ccccc3n2Cc2cccc(C)c2)c1. The number of rotatable bonds is 6. The first-order valence-corrected chi connectivity index (χ1v) is 10.0. The van der Waals surface area contributed by atoms with Crippen molar-refractivity contribution in [1.82, 2.24) is 14.9 Å². The van der Waals surface area contributed by atoms with Crippen LogP contribution >= 0.6 is 0 Å². The maximum Gasteiger partial charge on any atom is 0.251 e. The fourth-order valence-corrected chi connectivity index (χ4v) is 3.69. The standard InChI is InChI=1S/C25H25N3O2/c1-17-8-6-9-19(14-17)16-28-23-13-5-4-12-22(23)27-24(28)18(2)26-25(29)20-10-7-11-21(15-20)30-3/h4-15,18H,16H2,1-3H3,(H,26,29). The second kappa shape index (κ2) is 8.41. The van der Waals surface area contributed by atoms with Gasteiger partial charge in [0, 0.05) is 12.1 Å². The van der Waals surface area contributed by atoms with E-state index in [1.54, 1.807) is 19.2 Å². The van der Waals surface area contributed by atoms with Gasteiger partial charge in [-0.15, -0.1) is 0 Å². The van der Waals surface area contributed by atoms with Gasteiger partial charge in [-0.3, -0.25) is 4.79 Å². The van der Waals surface area contributed by atoms with Crippen LogP contribution in [-0.4, -0.2) is 22.6 Å². The van der Waals surface area contributed by atoms with Gasteiger partial charge in [-0.05, 0) is 49.7 Å². The lowest BCUT2D eigenvalue weighted by atomic mass is 10.1. The number of amides is 1. The molecule has 1 aromatic heterocycles. The molecule has 4 rings (SSSR count). The monoisotopic (exact) mass is 399 g/mol. The molecule has 0 aliphatic rings. The van der Waals surface area contributed by atoms with Crippen molar-refractivity contribution in [3.63, 3.8) is 0 Å². The van der Waals surface area contributed by atoms with Crippen LogP contribution in [0.5, 0.6) is 5.75 Å². The molecule has 4 aromatic rings. The molecular weight excluding hydrogens is 374 g/mol. The molecule has 1 unspecified atom stereocenters. The first-order valence-electron chi connectivity index (χ1n) is 10.0. The summed E-state index contributed by atoms with van der Waals surface area (Å²) >= 11 is 0. The Morgan fingerprint density at radius 1 is 1.07 bits per heavy atom. The number of imidazole rings is 1. The Kier molecular flexibility index (Phi) is 5.53. The number of nitrogens with one attached hydrogen (secondary N) is 1. The van der Waals surface area contributed by atoms with Gasteiger partial charge in [0.15, 0.2) is 0 Å². The number of fused-ring (bicyclic) bond motifs is 1. The van der Waals surface area contributed by atoms with E-state index in [0.29, 0.717) is 17.9 Å². The quantitative estimate of drug-likeness (QED) is 0.502. The van der Waals surface area contributed by atoms with Crippen molar-refractivity contribution >= 4 is 16.9 Å². The molecule has 0 aliphatic carbocycles. The predicted octanol–water partition coefficient (Wildman–Crippen LogP) is 4.89. The zero-order valence-corrected chi connectivity index (χ0v) is 17.4. The zero-order chi connectivity index (χ0) is 21.1. The summed E-state index contributed by atoms with van der Waals surface area (Å²) in [7, 11) is 1.59. The summed E-state index contributed by atoms with van der Waals surface area (Å²) in [6.07, 6.45) is 0. The van der Waals surface area contributed by atoms with E-state index in [0.717, 1.165) is 16.9 Å². The van der Waals surface area contributed by atoms with Crippen LogP contribution in [0.2, 0.25) is 0 Å². The van der Waals surface area contributed by atoms with Gasteiger partial charge in [0.25, 0.3) is 5.91 Å².